The van der Waals surface area contributed by atoms with Crippen molar-refractivity contribution in [3.05, 3.63) is 93.1 Å². The van der Waals surface area contributed by atoms with E-state index in [1.807, 2.05) is 60.7 Å². The summed E-state index contributed by atoms with van der Waals surface area (Å²) < 4.78 is 5.75. The van der Waals surface area contributed by atoms with Crippen molar-refractivity contribution in [3.63, 3.8) is 0 Å². The van der Waals surface area contributed by atoms with E-state index < -0.39 is 5.97 Å². The number of thiophene rings is 1. The fourth-order valence-corrected chi connectivity index (χ4v) is 3.67. The summed E-state index contributed by atoms with van der Waals surface area (Å²) in [5.41, 5.74) is 2.07. The molecular formula is C21H17ClO3S. The summed E-state index contributed by atoms with van der Waals surface area (Å²) in [7, 11) is 0. The van der Waals surface area contributed by atoms with Crippen LogP contribution < -0.4 is 0 Å². The van der Waals surface area contributed by atoms with Gasteiger partial charge in [-0.2, -0.15) is 0 Å². The molecule has 0 bridgehead atoms. The van der Waals surface area contributed by atoms with Gasteiger partial charge in [-0.1, -0.05) is 72.3 Å². The van der Waals surface area contributed by atoms with Crippen LogP contribution in [0.2, 0.25) is 4.34 Å². The van der Waals surface area contributed by atoms with Crippen LogP contribution in [0.3, 0.4) is 0 Å². The van der Waals surface area contributed by atoms with Crippen LogP contribution in [-0.4, -0.2) is 18.4 Å². The molecule has 0 saturated carbocycles. The summed E-state index contributed by atoms with van der Waals surface area (Å²) in [4.78, 5) is 24.9. The first-order valence-electron chi connectivity index (χ1n) is 8.17. The molecule has 3 aromatic rings. The Morgan fingerprint density at radius 1 is 0.885 bits per heavy atom. The number of Topliss-reactive ketones (excluding diaryl/α,β-unsaturated/α-hetero) is 1. The zero-order valence-electron chi connectivity index (χ0n) is 13.9. The van der Waals surface area contributed by atoms with Crippen LogP contribution in [0, 0.1) is 0 Å². The molecule has 0 N–H and O–H groups in total. The van der Waals surface area contributed by atoms with Gasteiger partial charge < -0.3 is 4.74 Å². The van der Waals surface area contributed by atoms with Crippen LogP contribution in [0.25, 0.3) is 0 Å². The van der Waals surface area contributed by atoms with Gasteiger partial charge in [-0.05, 0) is 23.3 Å². The van der Waals surface area contributed by atoms with Crippen LogP contribution in [0.5, 0.6) is 0 Å². The van der Waals surface area contributed by atoms with Gasteiger partial charge in [0.2, 0.25) is 5.78 Å². The van der Waals surface area contributed by atoms with E-state index in [-0.39, 0.29) is 24.7 Å². The number of benzene rings is 2. The van der Waals surface area contributed by atoms with E-state index in [1.165, 1.54) is 11.3 Å². The molecule has 0 saturated heterocycles. The quantitative estimate of drug-likeness (QED) is 0.407. The first kappa shape index (κ1) is 18.4. The second-order valence-corrected chi connectivity index (χ2v) is 7.48. The first-order valence-corrected chi connectivity index (χ1v) is 9.37. The fourth-order valence-electron chi connectivity index (χ4n) is 2.71. The van der Waals surface area contributed by atoms with Gasteiger partial charge in [-0.3, -0.25) is 9.59 Å². The topological polar surface area (TPSA) is 43.4 Å². The summed E-state index contributed by atoms with van der Waals surface area (Å²) in [6.07, 6.45) is 0.173. The Bertz CT molecular complexity index is 835. The normalized spacial score (nSPS) is 10.7. The number of ether oxygens (including phenoxy) is 1. The van der Waals surface area contributed by atoms with Gasteiger partial charge in [0.05, 0.1) is 15.6 Å². The minimum Gasteiger partial charge on any atom is -0.457 e. The third-order valence-corrected chi connectivity index (χ3v) is 5.26. The average molecular weight is 385 g/mol. The maximum absolute atomic E-state index is 12.3. The predicted molar refractivity (Wildman–Crippen MR) is 104 cm³/mol. The molecular weight excluding hydrogens is 368 g/mol. The van der Waals surface area contributed by atoms with Crippen molar-refractivity contribution in [2.45, 2.75) is 12.3 Å². The Kier molecular flexibility index (Phi) is 6.21. The summed E-state index contributed by atoms with van der Waals surface area (Å²) in [6.45, 7) is -0.272. The lowest BCUT2D eigenvalue weighted by molar-refractivity contribution is -0.142. The number of carbonyl (C=O) groups excluding carboxylic acids is 2. The second-order valence-electron chi connectivity index (χ2n) is 5.77. The number of ketones is 1. The highest BCUT2D eigenvalue weighted by atomic mass is 35.5. The molecule has 0 fully saturated rings. The Labute approximate surface area is 161 Å². The molecule has 1 aromatic heterocycles. The van der Waals surface area contributed by atoms with E-state index in [1.54, 1.807) is 12.1 Å². The van der Waals surface area contributed by atoms with E-state index in [4.69, 9.17) is 16.3 Å². The third-order valence-electron chi connectivity index (χ3n) is 3.99. The van der Waals surface area contributed by atoms with Gasteiger partial charge in [-0.15, -0.1) is 11.3 Å². The molecule has 0 amide bonds. The van der Waals surface area contributed by atoms with Gasteiger partial charge in [-0.25, -0.2) is 0 Å². The van der Waals surface area contributed by atoms with Gasteiger partial charge in [0.1, 0.15) is 0 Å². The number of hydrogen-bond acceptors (Lipinski definition) is 4. The number of rotatable bonds is 7. The van der Waals surface area contributed by atoms with Crippen LogP contribution in [0.4, 0.5) is 0 Å². The Hall–Kier alpha value is -2.43. The minimum absolute atomic E-state index is 0.115. The maximum Gasteiger partial charge on any atom is 0.307 e. The molecule has 3 nitrogen and oxygen atoms in total. The van der Waals surface area contributed by atoms with E-state index >= 15 is 0 Å². The van der Waals surface area contributed by atoms with Gasteiger partial charge in [0.25, 0.3) is 0 Å². The number of carbonyl (C=O) groups is 2. The summed E-state index contributed by atoms with van der Waals surface area (Å²) in [5.74, 6) is -0.763. The molecule has 3 rings (SSSR count). The van der Waals surface area contributed by atoms with Crippen molar-refractivity contribution in [2.75, 3.05) is 6.61 Å². The Balaban J connectivity index is 1.67. The van der Waals surface area contributed by atoms with Crippen LogP contribution in [0.1, 0.15) is 33.1 Å². The molecule has 0 unspecified atom stereocenters. The molecule has 0 spiro atoms. The maximum atomic E-state index is 12.3. The number of hydrogen-bond donors (Lipinski definition) is 0. The zero-order valence-corrected chi connectivity index (χ0v) is 15.5. The lowest BCUT2D eigenvalue weighted by atomic mass is 9.89. The Morgan fingerprint density at radius 3 is 1.96 bits per heavy atom. The van der Waals surface area contributed by atoms with E-state index in [9.17, 15) is 9.59 Å². The molecule has 0 aliphatic heterocycles. The molecule has 1 heterocycles. The monoisotopic (exact) mass is 384 g/mol. The number of esters is 1. The predicted octanol–water partition coefficient (Wildman–Crippen LogP) is 5.35. The molecule has 0 atom stereocenters. The van der Waals surface area contributed by atoms with E-state index in [0.717, 1.165) is 11.1 Å². The molecule has 132 valence electrons. The zero-order chi connectivity index (χ0) is 18.4. The SMILES string of the molecule is O=C(CC(c1ccccc1)c1ccccc1)OCC(=O)c1ccc(Cl)s1. The number of halogens is 1. The van der Waals surface area contributed by atoms with Crippen LogP contribution in [0.15, 0.2) is 72.8 Å². The molecule has 0 radical (unpaired) electrons. The van der Waals surface area contributed by atoms with Crippen LogP contribution >= 0.6 is 22.9 Å². The summed E-state index contributed by atoms with van der Waals surface area (Å²) in [6, 6.07) is 22.9. The molecule has 5 heteroatoms. The highest BCUT2D eigenvalue weighted by molar-refractivity contribution is 7.18. The van der Waals surface area contributed by atoms with Crippen molar-refractivity contribution < 1.29 is 14.3 Å². The average Bonchev–Trinajstić information content (AvgIpc) is 3.12. The minimum atomic E-state index is -0.404. The van der Waals surface area contributed by atoms with Gasteiger partial charge in [0, 0.05) is 5.92 Å². The van der Waals surface area contributed by atoms with E-state index in [0.29, 0.717) is 9.21 Å². The second kappa shape index (κ2) is 8.79. The van der Waals surface area contributed by atoms with E-state index in [2.05, 4.69) is 0 Å². The largest absolute Gasteiger partial charge is 0.457 e. The Morgan fingerprint density at radius 2 is 1.46 bits per heavy atom. The molecule has 26 heavy (non-hydrogen) atoms. The standard InChI is InChI=1S/C21H17ClO3S/c22-20-12-11-19(26-20)18(23)14-25-21(24)13-17(15-7-3-1-4-8-15)16-9-5-2-6-10-16/h1-12,17H,13-14H2. The fraction of sp³-hybridized carbons (Fsp3) is 0.143. The summed E-state index contributed by atoms with van der Waals surface area (Å²) in [5, 5.41) is 0. The molecule has 0 aliphatic rings. The third kappa shape index (κ3) is 4.81. The first-order chi connectivity index (χ1) is 12.6. The smallest absolute Gasteiger partial charge is 0.307 e. The van der Waals surface area contributed by atoms with Crippen molar-refractivity contribution in [1.29, 1.82) is 0 Å². The lowest BCUT2D eigenvalue weighted by Gasteiger charge is -2.17. The molecule has 2 aromatic carbocycles. The van der Waals surface area contributed by atoms with Crippen molar-refractivity contribution >= 4 is 34.7 Å². The van der Waals surface area contributed by atoms with Gasteiger partial charge in [0.15, 0.2) is 6.61 Å². The van der Waals surface area contributed by atoms with Crippen LogP contribution in [-0.2, 0) is 9.53 Å². The van der Waals surface area contributed by atoms with Gasteiger partial charge >= 0.3 is 5.97 Å². The van der Waals surface area contributed by atoms with Crippen molar-refractivity contribution in [1.82, 2.24) is 0 Å². The molecule has 0 aliphatic carbocycles. The highest BCUT2D eigenvalue weighted by Crippen LogP contribution is 2.28. The van der Waals surface area contributed by atoms with Crippen molar-refractivity contribution in [2.24, 2.45) is 0 Å². The highest BCUT2D eigenvalue weighted by Gasteiger charge is 2.20. The van der Waals surface area contributed by atoms with Crippen molar-refractivity contribution in [3.8, 4) is 0 Å². The lowest BCUT2D eigenvalue weighted by Crippen LogP contribution is -2.16. The summed E-state index contributed by atoms with van der Waals surface area (Å²) >= 11 is 7.01.